The molecule has 2 unspecified atom stereocenters. The van der Waals surface area contributed by atoms with Crippen LogP contribution in [0.25, 0.3) is 0 Å². The standard InChI is InChI=1S/C12H20O2/c13-12-9-3-1-2-6-10-7-4-5-8-11(10)14-12/h10-11H,1-9H2. The predicted molar refractivity (Wildman–Crippen MR) is 54.9 cm³/mol. The summed E-state index contributed by atoms with van der Waals surface area (Å²) in [6, 6.07) is 0. The fourth-order valence-corrected chi connectivity index (χ4v) is 2.74. The third-order valence-electron chi connectivity index (χ3n) is 3.58. The van der Waals surface area contributed by atoms with Crippen LogP contribution in [0.15, 0.2) is 0 Å². The highest BCUT2D eigenvalue weighted by molar-refractivity contribution is 5.69. The molecule has 1 aliphatic carbocycles. The average Bonchev–Trinajstić information content (AvgIpc) is 2.27. The van der Waals surface area contributed by atoms with E-state index in [9.17, 15) is 4.79 Å². The van der Waals surface area contributed by atoms with Crippen molar-refractivity contribution in [2.24, 2.45) is 5.92 Å². The molecular formula is C12H20O2. The van der Waals surface area contributed by atoms with E-state index in [2.05, 4.69) is 0 Å². The molecule has 1 saturated heterocycles. The lowest BCUT2D eigenvalue weighted by molar-refractivity contribution is -0.153. The summed E-state index contributed by atoms with van der Waals surface area (Å²) in [6.45, 7) is 0. The van der Waals surface area contributed by atoms with Gasteiger partial charge in [-0.3, -0.25) is 4.79 Å². The lowest BCUT2D eigenvalue weighted by Crippen LogP contribution is -2.29. The fraction of sp³-hybridized carbons (Fsp3) is 0.917. The van der Waals surface area contributed by atoms with E-state index < -0.39 is 0 Å². The Kier molecular flexibility index (Phi) is 3.44. The molecule has 80 valence electrons. The number of hydrogen-bond donors (Lipinski definition) is 0. The van der Waals surface area contributed by atoms with Gasteiger partial charge in [0.05, 0.1) is 0 Å². The number of fused-ring (bicyclic) bond motifs is 1. The van der Waals surface area contributed by atoms with Crippen molar-refractivity contribution < 1.29 is 9.53 Å². The van der Waals surface area contributed by atoms with Gasteiger partial charge in [0, 0.05) is 6.42 Å². The van der Waals surface area contributed by atoms with Crippen LogP contribution in [-0.2, 0) is 9.53 Å². The highest BCUT2D eigenvalue weighted by atomic mass is 16.5. The van der Waals surface area contributed by atoms with Crippen molar-refractivity contribution in [2.75, 3.05) is 0 Å². The van der Waals surface area contributed by atoms with Gasteiger partial charge >= 0.3 is 5.97 Å². The van der Waals surface area contributed by atoms with E-state index in [0.29, 0.717) is 12.3 Å². The molecule has 0 radical (unpaired) electrons. The van der Waals surface area contributed by atoms with Crippen LogP contribution in [0.4, 0.5) is 0 Å². The van der Waals surface area contributed by atoms with Crippen LogP contribution >= 0.6 is 0 Å². The van der Waals surface area contributed by atoms with E-state index in [1.54, 1.807) is 0 Å². The highest BCUT2D eigenvalue weighted by Crippen LogP contribution is 2.32. The lowest BCUT2D eigenvalue weighted by Gasteiger charge is -2.30. The number of rotatable bonds is 0. The topological polar surface area (TPSA) is 26.3 Å². The first-order valence-corrected chi connectivity index (χ1v) is 6.06. The highest BCUT2D eigenvalue weighted by Gasteiger charge is 2.28. The first kappa shape index (κ1) is 10.0. The zero-order valence-electron chi connectivity index (χ0n) is 8.84. The zero-order chi connectivity index (χ0) is 9.80. The van der Waals surface area contributed by atoms with Gasteiger partial charge in [0.15, 0.2) is 0 Å². The van der Waals surface area contributed by atoms with Crippen molar-refractivity contribution in [3.8, 4) is 0 Å². The molecular weight excluding hydrogens is 176 g/mol. The largest absolute Gasteiger partial charge is 0.462 e. The Morgan fingerprint density at radius 3 is 2.50 bits per heavy atom. The van der Waals surface area contributed by atoms with Crippen molar-refractivity contribution in [3.05, 3.63) is 0 Å². The number of esters is 1. The smallest absolute Gasteiger partial charge is 0.306 e. The van der Waals surface area contributed by atoms with Gasteiger partial charge in [-0.1, -0.05) is 19.3 Å². The second-order valence-corrected chi connectivity index (χ2v) is 4.67. The molecule has 1 aliphatic heterocycles. The first-order valence-electron chi connectivity index (χ1n) is 6.06. The summed E-state index contributed by atoms with van der Waals surface area (Å²) in [5.74, 6) is 0.717. The van der Waals surface area contributed by atoms with E-state index in [4.69, 9.17) is 4.74 Å². The van der Waals surface area contributed by atoms with Crippen molar-refractivity contribution in [1.82, 2.24) is 0 Å². The summed E-state index contributed by atoms with van der Waals surface area (Å²) in [5, 5.41) is 0. The molecule has 0 bridgehead atoms. The Bertz CT molecular complexity index is 200. The maximum atomic E-state index is 11.4. The molecule has 2 rings (SSSR count). The molecule has 0 aromatic rings. The quantitative estimate of drug-likeness (QED) is 0.557. The number of ether oxygens (including phenoxy) is 1. The zero-order valence-corrected chi connectivity index (χ0v) is 8.84. The SMILES string of the molecule is O=C1CCCCCC2CCCCC2O1. The maximum absolute atomic E-state index is 11.4. The average molecular weight is 196 g/mol. The van der Waals surface area contributed by atoms with Gasteiger partial charge in [0.1, 0.15) is 6.10 Å². The summed E-state index contributed by atoms with van der Waals surface area (Å²) in [5.41, 5.74) is 0. The molecule has 14 heavy (non-hydrogen) atoms. The minimum absolute atomic E-state index is 0.0452. The Hall–Kier alpha value is -0.530. The molecule has 2 heteroatoms. The normalized spacial score (nSPS) is 34.7. The third-order valence-corrected chi connectivity index (χ3v) is 3.58. The first-order chi connectivity index (χ1) is 6.86. The molecule has 0 spiro atoms. The second kappa shape index (κ2) is 4.81. The van der Waals surface area contributed by atoms with E-state index in [1.807, 2.05) is 0 Å². The van der Waals surface area contributed by atoms with E-state index in [1.165, 1.54) is 38.5 Å². The molecule has 0 N–H and O–H groups in total. The Balaban J connectivity index is 1.97. The van der Waals surface area contributed by atoms with Gasteiger partial charge in [0.2, 0.25) is 0 Å². The molecule has 2 fully saturated rings. The summed E-state index contributed by atoms with van der Waals surface area (Å²) in [6.07, 6.45) is 10.7. The number of carbonyl (C=O) groups excluding carboxylic acids is 1. The van der Waals surface area contributed by atoms with Crippen LogP contribution in [0.5, 0.6) is 0 Å². The van der Waals surface area contributed by atoms with E-state index in [-0.39, 0.29) is 12.1 Å². The molecule has 2 atom stereocenters. The third kappa shape index (κ3) is 2.49. The Labute approximate surface area is 86.0 Å². The summed E-state index contributed by atoms with van der Waals surface area (Å²) < 4.78 is 5.54. The van der Waals surface area contributed by atoms with Gasteiger partial charge in [-0.15, -0.1) is 0 Å². The van der Waals surface area contributed by atoms with Gasteiger partial charge < -0.3 is 4.74 Å². The summed E-state index contributed by atoms with van der Waals surface area (Å²) in [7, 11) is 0. The summed E-state index contributed by atoms with van der Waals surface area (Å²) >= 11 is 0. The van der Waals surface area contributed by atoms with Gasteiger partial charge in [0.25, 0.3) is 0 Å². The number of hydrogen-bond acceptors (Lipinski definition) is 2. The molecule has 1 saturated carbocycles. The van der Waals surface area contributed by atoms with Crippen molar-refractivity contribution in [3.63, 3.8) is 0 Å². The molecule has 0 aromatic carbocycles. The van der Waals surface area contributed by atoms with E-state index in [0.717, 1.165) is 12.8 Å². The second-order valence-electron chi connectivity index (χ2n) is 4.67. The van der Waals surface area contributed by atoms with Crippen LogP contribution in [0, 0.1) is 5.92 Å². The minimum Gasteiger partial charge on any atom is -0.462 e. The summed E-state index contributed by atoms with van der Waals surface area (Å²) in [4.78, 5) is 11.4. The lowest BCUT2D eigenvalue weighted by atomic mass is 9.83. The Morgan fingerprint density at radius 2 is 1.64 bits per heavy atom. The monoisotopic (exact) mass is 196 g/mol. The van der Waals surface area contributed by atoms with Crippen LogP contribution < -0.4 is 0 Å². The van der Waals surface area contributed by atoms with Crippen molar-refractivity contribution in [1.29, 1.82) is 0 Å². The van der Waals surface area contributed by atoms with Gasteiger partial charge in [-0.25, -0.2) is 0 Å². The van der Waals surface area contributed by atoms with Gasteiger partial charge in [-0.05, 0) is 38.0 Å². The molecule has 1 heterocycles. The van der Waals surface area contributed by atoms with Crippen LogP contribution in [0.3, 0.4) is 0 Å². The number of carbonyl (C=O) groups is 1. The van der Waals surface area contributed by atoms with Crippen molar-refractivity contribution in [2.45, 2.75) is 63.9 Å². The van der Waals surface area contributed by atoms with Crippen LogP contribution in [-0.4, -0.2) is 12.1 Å². The molecule has 0 amide bonds. The van der Waals surface area contributed by atoms with Crippen LogP contribution in [0.2, 0.25) is 0 Å². The maximum Gasteiger partial charge on any atom is 0.306 e. The molecule has 0 aromatic heterocycles. The molecule has 2 nitrogen and oxygen atoms in total. The van der Waals surface area contributed by atoms with Crippen LogP contribution in [0.1, 0.15) is 57.8 Å². The minimum atomic E-state index is 0.0452. The Morgan fingerprint density at radius 1 is 0.929 bits per heavy atom. The van der Waals surface area contributed by atoms with E-state index >= 15 is 0 Å². The van der Waals surface area contributed by atoms with Crippen molar-refractivity contribution >= 4 is 5.97 Å². The van der Waals surface area contributed by atoms with Gasteiger partial charge in [-0.2, -0.15) is 0 Å². The fourth-order valence-electron chi connectivity index (χ4n) is 2.74. The molecule has 2 aliphatic rings. The predicted octanol–water partition coefficient (Wildman–Crippen LogP) is 3.05.